The summed E-state index contributed by atoms with van der Waals surface area (Å²) in [5.74, 6) is 0.751. The Kier molecular flexibility index (Phi) is 5.08. The molecular weight excluding hydrogens is 313 g/mol. The zero-order valence-corrected chi connectivity index (χ0v) is 13.5. The van der Waals surface area contributed by atoms with Crippen molar-refractivity contribution in [1.82, 2.24) is 0 Å². The number of nitrogens with two attached hydrogens (primary N) is 1. The molecule has 0 heterocycles. The third kappa shape index (κ3) is 4.23. The van der Waals surface area contributed by atoms with Crippen LogP contribution in [0.5, 0.6) is 5.75 Å². The van der Waals surface area contributed by atoms with Crippen LogP contribution >= 0.6 is 35.0 Å². The highest BCUT2D eigenvalue weighted by Crippen LogP contribution is 2.37. The van der Waals surface area contributed by atoms with Crippen molar-refractivity contribution in [1.29, 1.82) is 0 Å². The molecule has 0 aliphatic heterocycles. The van der Waals surface area contributed by atoms with Crippen LogP contribution < -0.4 is 10.5 Å². The Morgan fingerprint density at radius 1 is 1.10 bits per heavy atom. The summed E-state index contributed by atoms with van der Waals surface area (Å²) in [7, 11) is 0. The SMILES string of the molecule is CC(C)Oc1cc(N)cc(Sc2cc(Cl)ccc2Cl)c1. The quantitative estimate of drug-likeness (QED) is 0.751. The zero-order valence-electron chi connectivity index (χ0n) is 11.2. The Labute approximate surface area is 133 Å². The molecule has 0 radical (unpaired) electrons. The van der Waals surface area contributed by atoms with Gasteiger partial charge in [0, 0.05) is 26.6 Å². The number of hydrogen-bond donors (Lipinski definition) is 1. The van der Waals surface area contributed by atoms with Gasteiger partial charge in [0.15, 0.2) is 0 Å². The first-order valence-electron chi connectivity index (χ1n) is 6.14. The lowest BCUT2D eigenvalue weighted by atomic mass is 10.3. The van der Waals surface area contributed by atoms with E-state index in [0.29, 0.717) is 15.7 Å². The Morgan fingerprint density at radius 3 is 2.55 bits per heavy atom. The van der Waals surface area contributed by atoms with Gasteiger partial charge in [0.2, 0.25) is 0 Å². The predicted molar refractivity (Wildman–Crippen MR) is 87.2 cm³/mol. The highest BCUT2D eigenvalue weighted by Gasteiger charge is 2.07. The summed E-state index contributed by atoms with van der Waals surface area (Å²) in [4.78, 5) is 1.85. The van der Waals surface area contributed by atoms with Crippen LogP contribution in [0.2, 0.25) is 10.0 Å². The van der Waals surface area contributed by atoms with Gasteiger partial charge in [-0.2, -0.15) is 0 Å². The molecule has 2 aromatic carbocycles. The monoisotopic (exact) mass is 327 g/mol. The molecule has 2 N–H and O–H groups in total. The molecule has 0 aromatic heterocycles. The smallest absolute Gasteiger partial charge is 0.122 e. The van der Waals surface area contributed by atoms with Crippen molar-refractivity contribution in [3.8, 4) is 5.75 Å². The van der Waals surface area contributed by atoms with E-state index in [1.165, 1.54) is 11.8 Å². The summed E-state index contributed by atoms with van der Waals surface area (Å²) in [5, 5.41) is 1.31. The minimum absolute atomic E-state index is 0.101. The highest BCUT2D eigenvalue weighted by atomic mass is 35.5. The molecule has 0 aliphatic carbocycles. The van der Waals surface area contributed by atoms with E-state index in [0.717, 1.165) is 15.5 Å². The summed E-state index contributed by atoms with van der Waals surface area (Å²) in [6.07, 6.45) is 0.101. The van der Waals surface area contributed by atoms with Crippen LogP contribution in [0.1, 0.15) is 13.8 Å². The number of anilines is 1. The average Bonchev–Trinajstić information content (AvgIpc) is 2.32. The standard InChI is InChI=1S/C15H15Cl2NOS/c1-9(2)19-12-6-11(18)7-13(8-12)20-15-5-10(16)3-4-14(15)17/h3-9H,18H2,1-2H3. The van der Waals surface area contributed by atoms with Gasteiger partial charge < -0.3 is 10.5 Å². The summed E-state index contributed by atoms with van der Waals surface area (Å²) in [5.41, 5.74) is 6.56. The minimum atomic E-state index is 0.101. The molecule has 0 aliphatic rings. The van der Waals surface area contributed by atoms with Gasteiger partial charge in [-0.25, -0.2) is 0 Å². The first-order valence-corrected chi connectivity index (χ1v) is 7.71. The Morgan fingerprint density at radius 2 is 1.85 bits per heavy atom. The topological polar surface area (TPSA) is 35.2 Å². The highest BCUT2D eigenvalue weighted by molar-refractivity contribution is 7.99. The fourth-order valence-corrected chi connectivity index (χ4v) is 3.12. The summed E-state index contributed by atoms with van der Waals surface area (Å²) in [6.45, 7) is 3.95. The molecule has 0 bridgehead atoms. The van der Waals surface area contributed by atoms with E-state index in [9.17, 15) is 0 Å². The summed E-state index contributed by atoms with van der Waals surface area (Å²) >= 11 is 13.7. The van der Waals surface area contributed by atoms with Gasteiger partial charge in [0.1, 0.15) is 5.75 Å². The maximum Gasteiger partial charge on any atom is 0.122 e. The van der Waals surface area contributed by atoms with Crippen molar-refractivity contribution in [2.45, 2.75) is 29.7 Å². The van der Waals surface area contributed by atoms with Crippen LogP contribution in [0.3, 0.4) is 0 Å². The van der Waals surface area contributed by atoms with E-state index in [4.69, 9.17) is 33.7 Å². The fraction of sp³-hybridized carbons (Fsp3) is 0.200. The Bertz CT molecular complexity index is 617. The van der Waals surface area contributed by atoms with Crippen molar-refractivity contribution in [2.24, 2.45) is 0 Å². The van der Waals surface area contributed by atoms with Gasteiger partial charge in [0.05, 0.1) is 11.1 Å². The van der Waals surface area contributed by atoms with Gasteiger partial charge in [-0.05, 0) is 44.2 Å². The van der Waals surface area contributed by atoms with Crippen molar-refractivity contribution < 1.29 is 4.74 Å². The molecule has 0 amide bonds. The van der Waals surface area contributed by atoms with Gasteiger partial charge in [-0.3, -0.25) is 0 Å². The first-order chi connectivity index (χ1) is 9.44. The molecule has 0 saturated carbocycles. The van der Waals surface area contributed by atoms with E-state index < -0.39 is 0 Å². The molecule has 2 aromatic rings. The normalized spacial score (nSPS) is 10.8. The molecule has 0 spiro atoms. The lowest BCUT2D eigenvalue weighted by Gasteiger charge is -2.12. The van der Waals surface area contributed by atoms with E-state index >= 15 is 0 Å². The predicted octanol–water partition coefficient (Wildman–Crippen LogP) is 5.51. The zero-order chi connectivity index (χ0) is 14.7. The van der Waals surface area contributed by atoms with E-state index in [1.807, 2.05) is 38.1 Å². The van der Waals surface area contributed by atoms with Crippen LogP contribution in [-0.2, 0) is 0 Å². The number of nitrogen functional groups attached to an aromatic ring is 1. The second-order valence-electron chi connectivity index (χ2n) is 4.58. The third-order valence-electron chi connectivity index (χ3n) is 2.40. The van der Waals surface area contributed by atoms with Crippen LogP contribution in [0.25, 0.3) is 0 Å². The summed E-state index contributed by atoms with van der Waals surface area (Å²) in [6, 6.07) is 11.0. The number of halogens is 2. The molecule has 5 heteroatoms. The van der Waals surface area contributed by atoms with E-state index in [1.54, 1.807) is 12.1 Å². The number of rotatable bonds is 4. The van der Waals surface area contributed by atoms with Gasteiger partial charge in [-0.1, -0.05) is 35.0 Å². The maximum atomic E-state index is 6.17. The van der Waals surface area contributed by atoms with Crippen LogP contribution in [0.4, 0.5) is 5.69 Å². The molecule has 0 fully saturated rings. The largest absolute Gasteiger partial charge is 0.491 e. The molecule has 106 valence electrons. The van der Waals surface area contributed by atoms with E-state index in [2.05, 4.69) is 0 Å². The molecule has 2 nitrogen and oxygen atoms in total. The lowest BCUT2D eigenvalue weighted by Crippen LogP contribution is -2.05. The summed E-state index contributed by atoms with van der Waals surface area (Å²) < 4.78 is 5.67. The van der Waals surface area contributed by atoms with Crippen molar-refractivity contribution in [2.75, 3.05) is 5.73 Å². The Hall–Kier alpha value is -1.03. The molecule has 2 rings (SSSR count). The fourth-order valence-electron chi connectivity index (χ4n) is 1.68. The molecule has 0 atom stereocenters. The van der Waals surface area contributed by atoms with Crippen LogP contribution in [-0.4, -0.2) is 6.10 Å². The molecule has 0 saturated heterocycles. The maximum absolute atomic E-state index is 6.17. The van der Waals surface area contributed by atoms with Gasteiger partial charge >= 0.3 is 0 Å². The van der Waals surface area contributed by atoms with Crippen molar-refractivity contribution in [3.63, 3.8) is 0 Å². The Balaban J connectivity index is 2.28. The number of hydrogen-bond acceptors (Lipinski definition) is 3. The lowest BCUT2D eigenvalue weighted by molar-refractivity contribution is 0.242. The van der Waals surface area contributed by atoms with Crippen LogP contribution in [0.15, 0.2) is 46.2 Å². The minimum Gasteiger partial charge on any atom is -0.491 e. The van der Waals surface area contributed by atoms with Crippen molar-refractivity contribution in [3.05, 3.63) is 46.4 Å². The number of ether oxygens (including phenoxy) is 1. The van der Waals surface area contributed by atoms with Crippen molar-refractivity contribution >= 4 is 40.7 Å². The molecular formula is C15H15Cl2NOS. The second kappa shape index (κ2) is 6.61. The molecule has 0 unspecified atom stereocenters. The van der Waals surface area contributed by atoms with Gasteiger partial charge in [0.25, 0.3) is 0 Å². The average molecular weight is 328 g/mol. The number of benzene rings is 2. The van der Waals surface area contributed by atoms with Crippen LogP contribution in [0, 0.1) is 0 Å². The van der Waals surface area contributed by atoms with Gasteiger partial charge in [-0.15, -0.1) is 0 Å². The molecule has 20 heavy (non-hydrogen) atoms. The second-order valence-corrected chi connectivity index (χ2v) is 6.54. The van der Waals surface area contributed by atoms with E-state index in [-0.39, 0.29) is 6.10 Å². The third-order valence-corrected chi connectivity index (χ3v) is 4.10. The first kappa shape index (κ1) is 15.4.